The Morgan fingerprint density at radius 1 is 1.00 bits per heavy atom. The maximum absolute atomic E-state index is 5.86. The zero-order valence-corrected chi connectivity index (χ0v) is 15.8. The van der Waals surface area contributed by atoms with Crippen molar-refractivity contribution in [1.29, 1.82) is 0 Å². The van der Waals surface area contributed by atoms with E-state index in [1.165, 1.54) is 6.33 Å². The highest BCUT2D eigenvalue weighted by Crippen LogP contribution is 2.19. The van der Waals surface area contributed by atoms with Gasteiger partial charge in [0.1, 0.15) is 17.9 Å². The van der Waals surface area contributed by atoms with Crippen LogP contribution >= 0.6 is 0 Å². The van der Waals surface area contributed by atoms with Crippen LogP contribution in [0.3, 0.4) is 0 Å². The third-order valence-corrected chi connectivity index (χ3v) is 4.28. The second-order valence-corrected chi connectivity index (χ2v) is 6.42. The van der Waals surface area contributed by atoms with Crippen LogP contribution < -0.4 is 10.1 Å². The Morgan fingerprint density at radius 2 is 1.82 bits per heavy atom. The highest BCUT2D eigenvalue weighted by Gasteiger charge is 2.06. The van der Waals surface area contributed by atoms with Crippen molar-refractivity contribution in [2.24, 2.45) is 0 Å². The fourth-order valence-electron chi connectivity index (χ4n) is 2.91. The zero-order valence-electron chi connectivity index (χ0n) is 15.8. The standard InChI is InChI=1S/C21H21N5O2/c1-15-10-20(26-21(24-15)22-14-23-26)25-18-5-3-4-17(11-18)13-28-12-16-6-8-19(27-2)9-7-16/h3-11,14,25H,12-13H2,1-2H3. The number of fused-ring (bicyclic) bond motifs is 1. The van der Waals surface area contributed by atoms with Crippen LogP contribution in [0.1, 0.15) is 16.8 Å². The Hall–Kier alpha value is -3.45. The molecule has 1 N–H and O–H groups in total. The molecule has 7 nitrogen and oxygen atoms in total. The minimum Gasteiger partial charge on any atom is -0.497 e. The largest absolute Gasteiger partial charge is 0.497 e. The minimum absolute atomic E-state index is 0.523. The Morgan fingerprint density at radius 3 is 2.64 bits per heavy atom. The summed E-state index contributed by atoms with van der Waals surface area (Å²) in [5.41, 5.74) is 4.02. The van der Waals surface area contributed by atoms with E-state index in [0.29, 0.717) is 19.0 Å². The molecule has 142 valence electrons. The zero-order chi connectivity index (χ0) is 19.3. The molecule has 0 unspecified atom stereocenters. The quantitative estimate of drug-likeness (QED) is 0.528. The van der Waals surface area contributed by atoms with Crippen LogP contribution in [0.4, 0.5) is 11.5 Å². The molecular weight excluding hydrogens is 354 g/mol. The molecule has 0 saturated carbocycles. The highest BCUT2D eigenvalue weighted by molar-refractivity contribution is 5.59. The summed E-state index contributed by atoms with van der Waals surface area (Å²) >= 11 is 0. The molecule has 0 saturated heterocycles. The predicted octanol–water partition coefficient (Wildman–Crippen LogP) is 3.90. The topological polar surface area (TPSA) is 73.6 Å². The van der Waals surface area contributed by atoms with Gasteiger partial charge in [-0.15, -0.1) is 0 Å². The number of ether oxygens (including phenoxy) is 2. The van der Waals surface area contributed by atoms with Crippen molar-refractivity contribution in [1.82, 2.24) is 19.6 Å². The van der Waals surface area contributed by atoms with E-state index in [9.17, 15) is 0 Å². The Balaban J connectivity index is 1.41. The molecule has 0 aliphatic rings. The van der Waals surface area contributed by atoms with Crippen molar-refractivity contribution >= 4 is 17.3 Å². The van der Waals surface area contributed by atoms with Gasteiger partial charge in [-0.25, -0.2) is 4.98 Å². The lowest BCUT2D eigenvalue weighted by Gasteiger charge is -2.11. The van der Waals surface area contributed by atoms with Gasteiger partial charge in [0.2, 0.25) is 0 Å². The van der Waals surface area contributed by atoms with Crippen molar-refractivity contribution in [2.45, 2.75) is 20.1 Å². The molecule has 28 heavy (non-hydrogen) atoms. The van der Waals surface area contributed by atoms with Crippen molar-refractivity contribution < 1.29 is 9.47 Å². The van der Waals surface area contributed by atoms with Crippen LogP contribution in [0.5, 0.6) is 5.75 Å². The molecule has 2 heterocycles. The van der Waals surface area contributed by atoms with Crippen LogP contribution in [0.25, 0.3) is 5.78 Å². The molecule has 2 aromatic carbocycles. The first-order valence-corrected chi connectivity index (χ1v) is 8.95. The second kappa shape index (κ2) is 8.06. The fraction of sp³-hybridized carbons (Fsp3) is 0.190. The van der Waals surface area contributed by atoms with E-state index in [4.69, 9.17) is 9.47 Å². The number of nitrogens with zero attached hydrogens (tertiary/aromatic N) is 4. The Kier molecular flexibility index (Phi) is 5.16. The molecule has 4 rings (SSSR count). The minimum atomic E-state index is 0.523. The summed E-state index contributed by atoms with van der Waals surface area (Å²) in [5, 5.41) is 7.61. The third-order valence-electron chi connectivity index (χ3n) is 4.28. The number of aromatic nitrogens is 4. The number of benzene rings is 2. The van der Waals surface area contributed by atoms with Gasteiger partial charge < -0.3 is 14.8 Å². The molecule has 2 aromatic heterocycles. The molecule has 0 fully saturated rings. The SMILES string of the molecule is COc1ccc(COCc2cccc(Nc3cc(C)nc4ncnn34)c2)cc1. The molecule has 7 heteroatoms. The van der Waals surface area contributed by atoms with Gasteiger partial charge in [-0.1, -0.05) is 24.3 Å². The summed E-state index contributed by atoms with van der Waals surface area (Å²) in [4.78, 5) is 8.51. The summed E-state index contributed by atoms with van der Waals surface area (Å²) < 4.78 is 12.7. The maximum atomic E-state index is 5.86. The van der Waals surface area contributed by atoms with Crippen molar-refractivity contribution in [3.05, 3.63) is 77.7 Å². The number of hydrogen-bond donors (Lipinski definition) is 1. The molecule has 4 aromatic rings. The first-order chi connectivity index (χ1) is 13.7. The van der Waals surface area contributed by atoms with Crippen molar-refractivity contribution in [3.8, 4) is 5.75 Å². The molecule has 0 radical (unpaired) electrons. The third kappa shape index (κ3) is 4.10. The Bertz CT molecular complexity index is 1080. The van der Waals surface area contributed by atoms with Crippen LogP contribution in [0.15, 0.2) is 60.9 Å². The van der Waals surface area contributed by atoms with Gasteiger partial charge in [-0.05, 0) is 42.3 Å². The predicted molar refractivity (Wildman–Crippen MR) is 107 cm³/mol. The first-order valence-electron chi connectivity index (χ1n) is 8.95. The van der Waals surface area contributed by atoms with E-state index in [1.54, 1.807) is 11.6 Å². The number of rotatable bonds is 7. The van der Waals surface area contributed by atoms with Crippen LogP contribution in [0.2, 0.25) is 0 Å². The van der Waals surface area contributed by atoms with Gasteiger partial charge in [-0.3, -0.25) is 0 Å². The van der Waals surface area contributed by atoms with E-state index < -0.39 is 0 Å². The fourth-order valence-corrected chi connectivity index (χ4v) is 2.91. The molecule has 0 bridgehead atoms. The van der Waals surface area contributed by atoms with Gasteiger partial charge >= 0.3 is 0 Å². The smallest absolute Gasteiger partial charge is 0.254 e. The lowest BCUT2D eigenvalue weighted by molar-refractivity contribution is 0.107. The van der Waals surface area contributed by atoms with Crippen LogP contribution in [-0.4, -0.2) is 26.7 Å². The van der Waals surface area contributed by atoms with Gasteiger partial charge in [0, 0.05) is 17.4 Å². The monoisotopic (exact) mass is 375 g/mol. The van der Waals surface area contributed by atoms with Crippen LogP contribution in [0, 0.1) is 6.92 Å². The highest BCUT2D eigenvalue weighted by atomic mass is 16.5. The molecule has 0 aliphatic carbocycles. The molecule has 0 aliphatic heterocycles. The van der Waals surface area contributed by atoms with Gasteiger partial charge in [0.05, 0.1) is 20.3 Å². The second-order valence-electron chi connectivity index (χ2n) is 6.42. The lowest BCUT2D eigenvalue weighted by atomic mass is 10.2. The molecule has 0 atom stereocenters. The summed E-state index contributed by atoms with van der Waals surface area (Å²) in [7, 11) is 1.66. The van der Waals surface area contributed by atoms with Crippen molar-refractivity contribution in [3.63, 3.8) is 0 Å². The average Bonchev–Trinajstić information content (AvgIpc) is 3.17. The van der Waals surface area contributed by atoms with Crippen LogP contribution in [-0.2, 0) is 18.0 Å². The number of anilines is 2. The normalized spacial score (nSPS) is 10.9. The van der Waals surface area contributed by atoms with Crippen molar-refractivity contribution in [2.75, 3.05) is 12.4 Å². The van der Waals surface area contributed by atoms with Gasteiger partial charge in [0.15, 0.2) is 0 Å². The van der Waals surface area contributed by atoms with Gasteiger partial charge in [0.25, 0.3) is 5.78 Å². The van der Waals surface area contributed by atoms with E-state index in [1.807, 2.05) is 55.5 Å². The summed E-state index contributed by atoms with van der Waals surface area (Å²) in [5.74, 6) is 2.23. The van der Waals surface area contributed by atoms with E-state index >= 15 is 0 Å². The summed E-state index contributed by atoms with van der Waals surface area (Å²) in [6, 6.07) is 17.9. The number of hydrogen-bond acceptors (Lipinski definition) is 6. The van der Waals surface area contributed by atoms with E-state index in [2.05, 4.69) is 26.4 Å². The lowest BCUT2D eigenvalue weighted by Crippen LogP contribution is -2.03. The molecule has 0 spiro atoms. The number of methoxy groups -OCH3 is 1. The summed E-state index contributed by atoms with van der Waals surface area (Å²) in [6.45, 7) is 3.00. The van der Waals surface area contributed by atoms with E-state index in [0.717, 1.165) is 34.1 Å². The molecule has 0 amide bonds. The van der Waals surface area contributed by atoms with Gasteiger partial charge in [-0.2, -0.15) is 14.6 Å². The Labute approximate surface area is 163 Å². The average molecular weight is 375 g/mol. The maximum Gasteiger partial charge on any atom is 0.254 e. The van der Waals surface area contributed by atoms with E-state index in [-0.39, 0.29) is 0 Å². The molecular formula is C21H21N5O2. The first kappa shape index (κ1) is 17.9. The summed E-state index contributed by atoms with van der Waals surface area (Å²) in [6.07, 6.45) is 1.50. The number of aryl methyl sites for hydroxylation is 1. The number of nitrogens with one attached hydrogen (secondary N) is 1.